The Hall–Kier alpha value is -3.08. The van der Waals surface area contributed by atoms with Crippen molar-refractivity contribution in [2.45, 2.75) is 0 Å². The molecule has 0 unspecified atom stereocenters. The monoisotopic (exact) mass is 294 g/mol. The quantitative estimate of drug-likeness (QED) is 0.576. The van der Waals surface area contributed by atoms with E-state index in [-0.39, 0.29) is 5.89 Å². The highest BCUT2D eigenvalue weighted by atomic mass is 16.5. The van der Waals surface area contributed by atoms with E-state index < -0.39 is 0 Å². The Morgan fingerprint density at radius 1 is 1.18 bits per heavy atom. The van der Waals surface area contributed by atoms with Crippen LogP contribution in [0.3, 0.4) is 0 Å². The van der Waals surface area contributed by atoms with Crippen LogP contribution in [0.15, 0.2) is 59.1 Å². The largest absolute Gasteiger partial charge is 0.495 e. The number of methoxy groups -OCH3 is 1. The van der Waals surface area contributed by atoms with Gasteiger partial charge in [0.15, 0.2) is 11.9 Å². The van der Waals surface area contributed by atoms with E-state index in [1.165, 1.54) is 0 Å². The first-order valence-electron chi connectivity index (χ1n) is 6.72. The van der Waals surface area contributed by atoms with Crippen LogP contribution in [0.25, 0.3) is 16.7 Å². The van der Waals surface area contributed by atoms with Gasteiger partial charge in [0.2, 0.25) is 5.89 Å². The van der Waals surface area contributed by atoms with Gasteiger partial charge >= 0.3 is 0 Å². The number of rotatable bonds is 5. The molecule has 0 amide bonds. The molecule has 5 heteroatoms. The highest BCUT2D eigenvalue weighted by Crippen LogP contribution is 2.24. The number of para-hydroxylation sites is 4. The van der Waals surface area contributed by atoms with Crippen LogP contribution in [0.5, 0.6) is 5.75 Å². The van der Waals surface area contributed by atoms with Gasteiger partial charge in [-0.2, -0.15) is 0 Å². The SMILES string of the molecule is COc1ccccc1N/C=C(\C=O)c1nc2ccccc2o1. The Morgan fingerprint density at radius 2 is 1.95 bits per heavy atom. The van der Waals surface area contributed by atoms with Crippen molar-refractivity contribution in [2.24, 2.45) is 0 Å². The second kappa shape index (κ2) is 6.13. The zero-order valence-corrected chi connectivity index (χ0v) is 11.9. The molecule has 0 aliphatic rings. The number of anilines is 1. The topological polar surface area (TPSA) is 64.4 Å². The molecule has 0 atom stereocenters. The first-order valence-corrected chi connectivity index (χ1v) is 6.72. The molecule has 2 aromatic carbocycles. The molecule has 0 bridgehead atoms. The summed E-state index contributed by atoms with van der Waals surface area (Å²) in [5.41, 5.74) is 2.42. The van der Waals surface area contributed by atoms with E-state index >= 15 is 0 Å². The fourth-order valence-electron chi connectivity index (χ4n) is 2.06. The number of nitrogens with one attached hydrogen (secondary N) is 1. The van der Waals surface area contributed by atoms with E-state index in [4.69, 9.17) is 9.15 Å². The molecule has 0 saturated heterocycles. The third-order valence-electron chi connectivity index (χ3n) is 3.16. The molecule has 22 heavy (non-hydrogen) atoms. The van der Waals surface area contributed by atoms with Crippen molar-refractivity contribution in [3.05, 3.63) is 60.6 Å². The van der Waals surface area contributed by atoms with Crippen molar-refractivity contribution in [2.75, 3.05) is 12.4 Å². The number of oxazole rings is 1. The lowest BCUT2D eigenvalue weighted by Gasteiger charge is -2.07. The average Bonchev–Trinajstić information content (AvgIpc) is 2.99. The molecule has 1 N–H and O–H groups in total. The van der Waals surface area contributed by atoms with Gasteiger partial charge < -0.3 is 14.5 Å². The van der Waals surface area contributed by atoms with E-state index in [0.717, 1.165) is 5.69 Å². The summed E-state index contributed by atoms with van der Waals surface area (Å²) in [4.78, 5) is 15.6. The lowest BCUT2D eigenvalue weighted by atomic mass is 10.2. The van der Waals surface area contributed by atoms with E-state index in [0.29, 0.717) is 28.7 Å². The van der Waals surface area contributed by atoms with Gasteiger partial charge in [0.25, 0.3) is 0 Å². The molecule has 1 heterocycles. The summed E-state index contributed by atoms with van der Waals surface area (Å²) < 4.78 is 10.8. The Kier molecular flexibility index (Phi) is 3.87. The summed E-state index contributed by atoms with van der Waals surface area (Å²) in [6.45, 7) is 0. The zero-order valence-electron chi connectivity index (χ0n) is 11.9. The number of aromatic nitrogens is 1. The van der Waals surface area contributed by atoms with Gasteiger partial charge in [-0.25, -0.2) is 4.98 Å². The molecule has 110 valence electrons. The van der Waals surface area contributed by atoms with Gasteiger partial charge in [-0.1, -0.05) is 24.3 Å². The molecular formula is C17H14N2O3. The van der Waals surface area contributed by atoms with Crippen LogP contribution in [0.1, 0.15) is 5.89 Å². The molecule has 3 aromatic rings. The molecule has 0 saturated carbocycles. The Morgan fingerprint density at radius 3 is 2.73 bits per heavy atom. The van der Waals surface area contributed by atoms with Crippen molar-refractivity contribution in [1.82, 2.24) is 4.98 Å². The third-order valence-corrected chi connectivity index (χ3v) is 3.16. The third kappa shape index (κ3) is 2.69. The predicted octanol–water partition coefficient (Wildman–Crippen LogP) is 3.49. The smallest absolute Gasteiger partial charge is 0.232 e. The summed E-state index contributed by atoms with van der Waals surface area (Å²) in [7, 11) is 1.59. The second-order valence-corrected chi connectivity index (χ2v) is 4.55. The Labute approximate surface area is 127 Å². The predicted molar refractivity (Wildman–Crippen MR) is 84.7 cm³/mol. The number of hydrogen-bond donors (Lipinski definition) is 1. The molecule has 1 aromatic heterocycles. The van der Waals surface area contributed by atoms with Gasteiger partial charge in [-0.15, -0.1) is 0 Å². The molecule has 0 aliphatic carbocycles. The molecule has 0 aliphatic heterocycles. The van der Waals surface area contributed by atoms with E-state index in [1.807, 2.05) is 48.5 Å². The number of aldehydes is 1. The maximum atomic E-state index is 11.3. The van der Waals surface area contributed by atoms with Gasteiger partial charge in [0, 0.05) is 6.20 Å². The minimum absolute atomic E-state index is 0.276. The first kappa shape index (κ1) is 13.9. The fourth-order valence-corrected chi connectivity index (χ4v) is 2.06. The lowest BCUT2D eigenvalue weighted by Crippen LogP contribution is -1.96. The molecule has 5 nitrogen and oxygen atoms in total. The summed E-state index contributed by atoms with van der Waals surface area (Å²) in [5.74, 6) is 0.958. The first-order chi connectivity index (χ1) is 10.8. The maximum Gasteiger partial charge on any atom is 0.232 e. The molecule has 0 fully saturated rings. The van der Waals surface area contributed by atoms with Gasteiger partial charge in [-0.3, -0.25) is 4.79 Å². The van der Waals surface area contributed by atoms with Crippen LogP contribution >= 0.6 is 0 Å². The highest BCUT2D eigenvalue weighted by Gasteiger charge is 2.10. The van der Waals surface area contributed by atoms with Crippen LogP contribution in [0.2, 0.25) is 0 Å². The van der Waals surface area contributed by atoms with Crippen LogP contribution in [-0.2, 0) is 4.79 Å². The molecular weight excluding hydrogens is 280 g/mol. The van der Waals surface area contributed by atoms with Crippen LogP contribution in [0.4, 0.5) is 5.69 Å². The minimum atomic E-state index is 0.276. The van der Waals surface area contributed by atoms with E-state index in [1.54, 1.807) is 13.3 Å². The zero-order chi connectivity index (χ0) is 15.4. The fraction of sp³-hybridized carbons (Fsp3) is 0.0588. The maximum absolute atomic E-state index is 11.3. The van der Waals surface area contributed by atoms with E-state index in [9.17, 15) is 4.79 Å². The summed E-state index contributed by atoms with van der Waals surface area (Å²) in [6, 6.07) is 14.8. The number of hydrogen-bond acceptors (Lipinski definition) is 5. The van der Waals surface area contributed by atoms with Crippen molar-refractivity contribution in [3.63, 3.8) is 0 Å². The summed E-state index contributed by atoms with van der Waals surface area (Å²) in [6.07, 6.45) is 2.25. The second-order valence-electron chi connectivity index (χ2n) is 4.55. The minimum Gasteiger partial charge on any atom is -0.495 e. The summed E-state index contributed by atoms with van der Waals surface area (Å²) >= 11 is 0. The number of fused-ring (bicyclic) bond motifs is 1. The standard InChI is InChI=1S/C17H14N2O3/c1-21-15-8-4-2-6-13(15)18-10-12(11-20)17-19-14-7-3-5-9-16(14)22-17/h2-11,18H,1H3/b12-10+. The van der Waals surface area contributed by atoms with Crippen molar-refractivity contribution in [3.8, 4) is 5.75 Å². The highest BCUT2D eigenvalue weighted by molar-refractivity contribution is 6.06. The number of carbonyl (C=O) groups excluding carboxylic acids is 1. The number of nitrogens with zero attached hydrogens (tertiary/aromatic N) is 1. The molecule has 0 spiro atoms. The number of ether oxygens (including phenoxy) is 1. The Bertz CT molecular complexity index is 804. The van der Waals surface area contributed by atoms with Crippen molar-refractivity contribution < 1.29 is 13.9 Å². The Balaban J connectivity index is 1.91. The summed E-state index contributed by atoms with van der Waals surface area (Å²) in [5, 5.41) is 3.04. The van der Waals surface area contributed by atoms with Crippen LogP contribution in [-0.4, -0.2) is 18.4 Å². The normalized spacial score (nSPS) is 11.4. The number of benzene rings is 2. The van der Waals surface area contributed by atoms with Crippen molar-refractivity contribution >= 4 is 28.6 Å². The average molecular weight is 294 g/mol. The molecule has 3 rings (SSSR count). The van der Waals surface area contributed by atoms with Gasteiger partial charge in [0.05, 0.1) is 18.4 Å². The van der Waals surface area contributed by atoms with Gasteiger partial charge in [-0.05, 0) is 24.3 Å². The number of allylic oxidation sites excluding steroid dienone is 1. The van der Waals surface area contributed by atoms with Crippen LogP contribution in [0, 0.1) is 0 Å². The van der Waals surface area contributed by atoms with Crippen LogP contribution < -0.4 is 10.1 Å². The lowest BCUT2D eigenvalue weighted by molar-refractivity contribution is -0.103. The van der Waals surface area contributed by atoms with E-state index in [2.05, 4.69) is 10.3 Å². The van der Waals surface area contributed by atoms with Crippen molar-refractivity contribution in [1.29, 1.82) is 0 Å². The number of carbonyl (C=O) groups is 1. The molecule has 0 radical (unpaired) electrons. The van der Waals surface area contributed by atoms with Gasteiger partial charge in [0.1, 0.15) is 11.3 Å².